The Balaban J connectivity index is 0.000000753. The number of hydrogen-bond acceptors (Lipinski definition) is 2. The molecule has 0 saturated heterocycles. The Morgan fingerprint density at radius 3 is 2.61 bits per heavy atom. The minimum Gasteiger partial charge on any atom is -0.508 e. The van der Waals surface area contributed by atoms with Crippen LogP contribution in [0, 0.1) is 23.2 Å². The standard InChI is InChI=1S/C19H26O2.C2H6/c1-11-10-19(2)16(7-8-17(19)21)15-5-3-12-9-13(20)4-6-14(12)18(11)15;1-2/h4,6,9,11,15-18,20-21H,3,5,7-8,10H2,1-2H3;1-2H3. The Morgan fingerprint density at radius 2 is 1.87 bits per heavy atom. The van der Waals surface area contributed by atoms with Gasteiger partial charge in [0.05, 0.1) is 6.10 Å². The summed E-state index contributed by atoms with van der Waals surface area (Å²) in [7, 11) is 0. The van der Waals surface area contributed by atoms with Crippen LogP contribution in [0.2, 0.25) is 0 Å². The summed E-state index contributed by atoms with van der Waals surface area (Å²) in [6, 6.07) is 5.98. The van der Waals surface area contributed by atoms with Gasteiger partial charge in [-0.3, -0.25) is 0 Å². The predicted octanol–water partition coefficient (Wildman–Crippen LogP) is 4.88. The highest BCUT2D eigenvalue weighted by Gasteiger charge is 2.56. The fourth-order valence-electron chi connectivity index (χ4n) is 6.10. The lowest BCUT2D eigenvalue weighted by molar-refractivity contribution is -0.0441. The largest absolute Gasteiger partial charge is 0.508 e. The van der Waals surface area contributed by atoms with E-state index in [1.807, 2.05) is 26.0 Å². The molecule has 2 saturated carbocycles. The number of hydrogen-bond donors (Lipinski definition) is 2. The Bertz CT molecular complexity index is 567. The molecule has 3 aliphatic carbocycles. The van der Waals surface area contributed by atoms with E-state index in [0.29, 0.717) is 29.4 Å². The fourth-order valence-corrected chi connectivity index (χ4v) is 6.10. The summed E-state index contributed by atoms with van der Waals surface area (Å²) in [6.45, 7) is 8.69. The number of aromatic hydroxyl groups is 1. The zero-order valence-electron chi connectivity index (χ0n) is 15.0. The van der Waals surface area contributed by atoms with Gasteiger partial charge in [0.25, 0.3) is 0 Å². The third-order valence-corrected chi connectivity index (χ3v) is 6.95. The zero-order valence-corrected chi connectivity index (χ0v) is 15.0. The Hall–Kier alpha value is -1.02. The number of rotatable bonds is 0. The van der Waals surface area contributed by atoms with Crippen LogP contribution >= 0.6 is 0 Å². The summed E-state index contributed by atoms with van der Waals surface area (Å²) in [5.74, 6) is 3.03. The third kappa shape index (κ3) is 2.50. The summed E-state index contributed by atoms with van der Waals surface area (Å²) < 4.78 is 0. The van der Waals surface area contributed by atoms with Crippen molar-refractivity contribution < 1.29 is 10.2 Å². The monoisotopic (exact) mass is 316 g/mol. The average Bonchev–Trinajstić information content (AvgIpc) is 2.84. The third-order valence-electron chi connectivity index (χ3n) is 6.95. The van der Waals surface area contributed by atoms with E-state index in [9.17, 15) is 10.2 Å². The van der Waals surface area contributed by atoms with Crippen molar-refractivity contribution in [1.82, 2.24) is 0 Å². The highest BCUT2D eigenvalue weighted by Crippen LogP contribution is 2.62. The second-order valence-electron chi connectivity index (χ2n) is 8.00. The van der Waals surface area contributed by atoms with Crippen molar-refractivity contribution in [2.24, 2.45) is 23.2 Å². The van der Waals surface area contributed by atoms with Crippen LogP contribution in [0.1, 0.15) is 70.4 Å². The highest BCUT2D eigenvalue weighted by molar-refractivity contribution is 5.40. The summed E-state index contributed by atoms with van der Waals surface area (Å²) in [4.78, 5) is 0. The molecule has 0 spiro atoms. The van der Waals surface area contributed by atoms with Gasteiger partial charge in [0.1, 0.15) is 5.75 Å². The van der Waals surface area contributed by atoms with Crippen molar-refractivity contribution in [1.29, 1.82) is 0 Å². The Labute approximate surface area is 140 Å². The van der Waals surface area contributed by atoms with E-state index < -0.39 is 0 Å². The molecular formula is C21H32O2. The van der Waals surface area contributed by atoms with Gasteiger partial charge >= 0.3 is 0 Å². The van der Waals surface area contributed by atoms with Crippen molar-refractivity contribution in [2.75, 3.05) is 0 Å². The van der Waals surface area contributed by atoms with E-state index in [2.05, 4.69) is 19.9 Å². The average molecular weight is 316 g/mol. The molecule has 0 bridgehead atoms. The quantitative estimate of drug-likeness (QED) is 0.716. The van der Waals surface area contributed by atoms with Crippen LogP contribution in [0.4, 0.5) is 0 Å². The van der Waals surface area contributed by atoms with Crippen molar-refractivity contribution in [2.45, 2.75) is 71.8 Å². The van der Waals surface area contributed by atoms with E-state index >= 15 is 0 Å². The van der Waals surface area contributed by atoms with Gasteiger partial charge in [-0.05, 0) is 84.5 Å². The van der Waals surface area contributed by atoms with Crippen LogP contribution in [-0.4, -0.2) is 16.3 Å². The molecule has 6 unspecified atom stereocenters. The number of phenolic OH excluding ortho intramolecular Hbond substituents is 1. The van der Waals surface area contributed by atoms with E-state index in [0.717, 1.165) is 19.3 Å². The minimum absolute atomic E-state index is 0.105. The molecule has 4 rings (SSSR count). The molecule has 0 aromatic heterocycles. The van der Waals surface area contributed by atoms with Crippen LogP contribution in [-0.2, 0) is 6.42 Å². The lowest BCUT2D eigenvalue weighted by Gasteiger charge is -2.53. The normalized spacial score (nSPS) is 41.2. The molecular weight excluding hydrogens is 284 g/mol. The van der Waals surface area contributed by atoms with Gasteiger partial charge in [0.2, 0.25) is 0 Å². The van der Waals surface area contributed by atoms with Crippen molar-refractivity contribution in [3.8, 4) is 5.75 Å². The summed E-state index contributed by atoms with van der Waals surface area (Å²) >= 11 is 0. The number of aliphatic hydroxyl groups is 1. The lowest BCUT2D eigenvalue weighted by atomic mass is 9.52. The van der Waals surface area contributed by atoms with Crippen LogP contribution in [0.5, 0.6) is 5.75 Å². The predicted molar refractivity (Wildman–Crippen MR) is 94.6 cm³/mol. The van der Waals surface area contributed by atoms with E-state index in [4.69, 9.17) is 0 Å². The first-order valence-corrected chi connectivity index (χ1v) is 9.50. The van der Waals surface area contributed by atoms with Crippen LogP contribution in [0.3, 0.4) is 0 Å². The van der Waals surface area contributed by atoms with Crippen molar-refractivity contribution in [3.05, 3.63) is 29.3 Å². The maximum absolute atomic E-state index is 10.5. The second kappa shape index (κ2) is 6.12. The molecule has 2 N–H and O–H groups in total. The zero-order chi connectivity index (χ0) is 16.8. The SMILES string of the molecule is CC.CC1CC2(C)C(O)CCC2C2CCc3cc(O)ccc3C12. The number of fused-ring (bicyclic) bond motifs is 5. The van der Waals surface area contributed by atoms with Gasteiger partial charge in [-0.1, -0.05) is 33.8 Å². The molecule has 2 nitrogen and oxygen atoms in total. The lowest BCUT2D eigenvalue weighted by Crippen LogP contribution is -2.47. The second-order valence-corrected chi connectivity index (χ2v) is 8.00. The smallest absolute Gasteiger partial charge is 0.115 e. The number of aryl methyl sites for hydroxylation is 1. The first kappa shape index (κ1) is 16.8. The molecule has 23 heavy (non-hydrogen) atoms. The van der Waals surface area contributed by atoms with Gasteiger partial charge in [0.15, 0.2) is 0 Å². The van der Waals surface area contributed by atoms with Crippen molar-refractivity contribution >= 4 is 0 Å². The molecule has 3 aliphatic rings. The minimum atomic E-state index is -0.105. The molecule has 6 atom stereocenters. The molecule has 1 aromatic rings. The maximum atomic E-state index is 10.5. The molecule has 1 aromatic carbocycles. The molecule has 0 amide bonds. The highest BCUT2D eigenvalue weighted by atomic mass is 16.3. The molecule has 0 aliphatic heterocycles. The summed E-state index contributed by atoms with van der Waals surface area (Å²) in [6.07, 6.45) is 5.52. The molecule has 0 radical (unpaired) electrons. The first-order valence-electron chi connectivity index (χ1n) is 9.50. The van der Waals surface area contributed by atoms with E-state index in [1.54, 1.807) is 0 Å². The van der Waals surface area contributed by atoms with Crippen molar-refractivity contribution in [3.63, 3.8) is 0 Å². The van der Waals surface area contributed by atoms with Gasteiger partial charge in [-0.15, -0.1) is 0 Å². The number of aliphatic hydroxyl groups excluding tert-OH is 1. The van der Waals surface area contributed by atoms with E-state index in [1.165, 1.54) is 24.0 Å². The molecule has 0 heterocycles. The number of benzene rings is 1. The fraction of sp³-hybridized carbons (Fsp3) is 0.714. The maximum Gasteiger partial charge on any atom is 0.115 e. The van der Waals surface area contributed by atoms with Gasteiger partial charge < -0.3 is 10.2 Å². The van der Waals surface area contributed by atoms with Crippen LogP contribution in [0.25, 0.3) is 0 Å². The first-order chi connectivity index (χ1) is 11.0. The molecule has 2 fully saturated rings. The molecule has 128 valence electrons. The number of phenols is 1. The van der Waals surface area contributed by atoms with Crippen LogP contribution in [0.15, 0.2) is 18.2 Å². The Kier molecular flexibility index (Phi) is 4.48. The topological polar surface area (TPSA) is 40.5 Å². The van der Waals surface area contributed by atoms with Gasteiger partial charge in [-0.25, -0.2) is 0 Å². The van der Waals surface area contributed by atoms with Gasteiger partial charge in [0, 0.05) is 0 Å². The summed E-state index contributed by atoms with van der Waals surface area (Å²) in [5, 5.41) is 20.2. The van der Waals surface area contributed by atoms with Gasteiger partial charge in [-0.2, -0.15) is 0 Å². The van der Waals surface area contributed by atoms with E-state index in [-0.39, 0.29) is 11.5 Å². The van der Waals surface area contributed by atoms with Crippen LogP contribution < -0.4 is 0 Å². The molecule has 2 heteroatoms. The Morgan fingerprint density at radius 1 is 1.13 bits per heavy atom. The summed E-state index contributed by atoms with van der Waals surface area (Å²) in [5.41, 5.74) is 2.96.